The number of nitrogens with one attached hydrogen (secondary N) is 1. The summed E-state index contributed by atoms with van der Waals surface area (Å²) >= 11 is 0. The molecule has 0 saturated heterocycles. The third-order valence-corrected chi connectivity index (χ3v) is 0.905. The first-order valence-electron chi connectivity index (χ1n) is 5.56. The molecule has 52 valence electrons. The Labute approximate surface area is 68.4 Å². The molecule has 1 rings (SSSR count). The van der Waals surface area contributed by atoms with Crippen molar-refractivity contribution in [3.05, 3.63) is 42.5 Å². The highest BCUT2D eigenvalue weighted by atomic mass is 14.8. The Kier molecular flexibility index (Phi) is 1.04. The highest BCUT2D eigenvalue weighted by molar-refractivity contribution is 5.44. The Morgan fingerprint density at radius 3 is 3.50 bits per heavy atom. The number of anilines is 1. The second-order valence-corrected chi connectivity index (χ2v) is 1.62. The molecule has 10 heavy (non-hydrogen) atoms. The third-order valence-electron chi connectivity index (χ3n) is 0.905. The van der Waals surface area contributed by atoms with Gasteiger partial charge >= 0.3 is 0 Å². The quantitative estimate of drug-likeness (QED) is 0.662. The van der Waals surface area contributed by atoms with E-state index in [1.165, 1.54) is 12.3 Å². The first kappa shape index (κ1) is 2.79. The summed E-state index contributed by atoms with van der Waals surface area (Å²) in [5.41, 5.74) is 0.311. The van der Waals surface area contributed by atoms with Crippen LogP contribution in [0, 0.1) is 0 Å². The van der Waals surface area contributed by atoms with Crippen LogP contribution in [-0.4, -0.2) is 0 Å². The lowest BCUT2D eigenvalue weighted by molar-refractivity contribution is 1.56. The molecule has 1 N–H and O–H groups in total. The van der Waals surface area contributed by atoms with Crippen molar-refractivity contribution in [3.63, 3.8) is 0 Å². The Bertz CT molecular complexity index is 389. The van der Waals surface area contributed by atoms with Gasteiger partial charge in [-0.05, 0) is 25.2 Å². The third kappa shape index (κ3) is 1.94. The van der Waals surface area contributed by atoms with Gasteiger partial charge in [0.25, 0.3) is 0 Å². The molecule has 0 unspecified atom stereocenters. The van der Waals surface area contributed by atoms with Crippen LogP contribution in [0.4, 0.5) is 5.69 Å². The summed E-state index contributed by atoms with van der Waals surface area (Å²) in [5, 5.41) is 2.71. The molecule has 0 aliphatic rings. The Morgan fingerprint density at radius 2 is 2.60 bits per heavy atom. The largest absolute Gasteiger partial charge is 0.362 e. The maximum absolute atomic E-state index is 7.53. The highest BCUT2D eigenvalue weighted by Crippen LogP contribution is 2.03. The normalized spacial score (nSPS) is 17.0. The highest BCUT2D eigenvalue weighted by Gasteiger charge is 1.80. The van der Waals surface area contributed by atoms with Gasteiger partial charge in [0, 0.05) is 7.06 Å². The van der Waals surface area contributed by atoms with Gasteiger partial charge in [0.05, 0.1) is 5.48 Å². The smallest absolute Gasteiger partial charge is 0.0645 e. The molecule has 0 spiro atoms. The van der Waals surface area contributed by atoms with Gasteiger partial charge in [-0.15, -0.1) is 0 Å². The Hall–Kier alpha value is -1.24. The van der Waals surface area contributed by atoms with E-state index in [1.807, 2.05) is 0 Å². The lowest BCUT2D eigenvalue weighted by atomic mass is 10.3. The summed E-state index contributed by atoms with van der Waals surface area (Å²) in [4.78, 5) is 0. The predicted octanol–water partition coefficient (Wildman–Crippen LogP) is 2.63. The van der Waals surface area contributed by atoms with Crippen molar-refractivity contribution in [2.45, 2.75) is 6.90 Å². The minimum absolute atomic E-state index is 0.0854. The molecule has 0 saturated carbocycles. The van der Waals surface area contributed by atoms with Gasteiger partial charge in [0.2, 0.25) is 0 Å². The Morgan fingerprint density at radius 1 is 1.60 bits per heavy atom. The molecule has 0 aliphatic heterocycles. The average molecular weight is 138 g/mol. The molecule has 0 heterocycles. The van der Waals surface area contributed by atoms with Crippen molar-refractivity contribution in [1.29, 1.82) is 0 Å². The van der Waals surface area contributed by atoms with Crippen LogP contribution < -0.4 is 5.32 Å². The van der Waals surface area contributed by atoms with E-state index < -0.39 is 0 Å². The Balaban J connectivity index is 3.04. The van der Waals surface area contributed by atoms with Crippen molar-refractivity contribution in [2.75, 3.05) is 5.32 Å². The maximum atomic E-state index is 7.53. The van der Waals surface area contributed by atoms with Gasteiger partial charge in [-0.1, -0.05) is 24.2 Å². The van der Waals surface area contributed by atoms with E-state index in [1.54, 1.807) is 6.08 Å². The minimum Gasteiger partial charge on any atom is -0.362 e. The van der Waals surface area contributed by atoms with E-state index in [-0.39, 0.29) is 31.1 Å². The molecule has 0 radical (unpaired) electrons. The second kappa shape index (κ2) is 3.72. The van der Waals surface area contributed by atoms with E-state index in [0.717, 1.165) is 0 Å². The van der Waals surface area contributed by atoms with Crippen molar-refractivity contribution < 1.29 is 6.85 Å². The van der Waals surface area contributed by atoms with Gasteiger partial charge in [0.1, 0.15) is 0 Å². The number of hydrogen-bond donors (Lipinski definition) is 1. The van der Waals surface area contributed by atoms with E-state index >= 15 is 0 Å². The van der Waals surface area contributed by atoms with Crippen LogP contribution in [0.5, 0.6) is 0 Å². The first-order chi connectivity index (χ1) is 7.07. The zero-order valence-corrected chi connectivity index (χ0v) is 5.44. The first-order valence-corrected chi connectivity index (χ1v) is 2.86. The van der Waals surface area contributed by atoms with Crippen LogP contribution in [0.1, 0.15) is 13.8 Å². The van der Waals surface area contributed by atoms with Crippen LogP contribution in [-0.2, 0) is 0 Å². The van der Waals surface area contributed by atoms with Crippen molar-refractivity contribution in [2.24, 2.45) is 0 Å². The number of para-hydroxylation sites is 1. The zero-order valence-electron chi connectivity index (χ0n) is 10.4. The maximum Gasteiger partial charge on any atom is 0.0645 e. The van der Waals surface area contributed by atoms with E-state index in [9.17, 15) is 0 Å². The van der Waals surface area contributed by atoms with E-state index in [0.29, 0.717) is 5.69 Å². The fraction of sp³-hybridized carbons (Fsp3) is 0.111. The van der Waals surface area contributed by atoms with E-state index in [4.69, 9.17) is 6.85 Å². The molecule has 0 aromatic heterocycles. The van der Waals surface area contributed by atoms with Crippen molar-refractivity contribution in [1.82, 2.24) is 0 Å². The predicted molar refractivity (Wildman–Crippen MR) is 44.9 cm³/mol. The summed E-state index contributed by atoms with van der Waals surface area (Å²) in [6, 6.07) is 0.638. The molecule has 1 aromatic carbocycles. The molecular weight excluding hydrogens is 122 g/mol. The summed E-state index contributed by atoms with van der Waals surface area (Å²) in [6.45, 7) is 0.123. The van der Waals surface area contributed by atoms with Gasteiger partial charge < -0.3 is 5.32 Å². The van der Waals surface area contributed by atoms with Crippen LogP contribution in [0.3, 0.4) is 0 Å². The SMILES string of the molecule is [2H]C/C=C/Nc1cc([2H])c([2H])c([2H])c1[2H]. The summed E-state index contributed by atoms with van der Waals surface area (Å²) in [5.74, 6) is 0. The van der Waals surface area contributed by atoms with Gasteiger partial charge in [-0.25, -0.2) is 0 Å². The number of allylic oxidation sites excluding steroid dienone is 1. The van der Waals surface area contributed by atoms with Crippen LogP contribution in [0.25, 0.3) is 0 Å². The lowest BCUT2D eigenvalue weighted by Gasteiger charge is -1.96. The topological polar surface area (TPSA) is 12.0 Å². The molecule has 0 bridgehead atoms. The second-order valence-electron chi connectivity index (χ2n) is 1.62. The van der Waals surface area contributed by atoms with Gasteiger partial charge in [0.15, 0.2) is 0 Å². The number of rotatable bonds is 2. The molecule has 0 aliphatic carbocycles. The average Bonchev–Trinajstić information content (AvgIpc) is 2.23. The zero-order chi connectivity index (χ0) is 11.4. The summed E-state index contributed by atoms with van der Waals surface area (Å²) in [7, 11) is 0. The molecule has 0 atom stereocenters. The standard InChI is InChI=1S/C9H11N/c1-2-8-10-9-6-4-3-5-7-9/h2-8,10H,1H3/b8-2+/i1D,3D,4D,5D,6D. The molecule has 1 aromatic rings. The lowest BCUT2D eigenvalue weighted by Crippen LogP contribution is -1.83. The minimum atomic E-state index is -0.260. The molecule has 1 heteroatoms. The number of hydrogen-bond acceptors (Lipinski definition) is 1. The van der Waals surface area contributed by atoms with Crippen LogP contribution in [0.15, 0.2) is 42.5 Å². The molecule has 0 amide bonds. The monoisotopic (exact) mass is 138 g/mol. The van der Waals surface area contributed by atoms with Crippen LogP contribution >= 0.6 is 0 Å². The molecule has 0 fully saturated rings. The summed E-state index contributed by atoms with van der Waals surface area (Å²) < 4.78 is 36.5. The van der Waals surface area contributed by atoms with Gasteiger partial charge in [-0.2, -0.15) is 0 Å². The fourth-order valence-corrected chi connectivity index (χ4v) is 0.505. The van der Waals surface area contributed by atoms with E-state index in [2.05, 4.69) is 5.32 Å². The fourth-order valence-electron chi connectivity index (χ4n) is 0.505. The van der Waals surface area contributed by atoms with Crippen molar-refractivity contribution >= 4 is 5.69 Å². The number of benzene rings is 1. The molecular formula is C9H11N. The van der Waals surface area contributed by atoms with Crippen molar-refractivity contribution in [3.8, 4) is 0 Å². The molecule has 1 nitrogen and oxygen atoms in total. The van der Waals surface area contributed by atoms with Crippen LogP contribution in [0.2, 0.25) is 0 Å². The summed E-state index contributed by atoms with van der Waals surface area (Å²) in [6.07, 6.45) is 3.03. The van der Waals surface area contributed by atoms with Gasteiger partial charge in [-0.3, -0.25) is 0 Å².